The predicted molar refractivity (Wildman–Crippen MR) is 75.7 cm³/mol. The monoisotopic (exact) mass is 284 g/mol. The molecule has 0 fully saturated rings. The number of fused-ring (bicyclic) bond motifs is 1. The van der Waals surface area contributed by atoms with E-state index < -0.39 is 0 Å². The Labute approximate surface area is 120 Å². The van der Waals surface area contributed by atoms with Crippen LogP contribution in [0.3, 0.4) is 0 Å². The Bertz CT molecular complexity index is 761. The molecule has 2 aromatic carbocycles. The van der Waals surface area contributed by atoms with Gasteiger partial charge in [-0.05, 0) is 30.3 Å². The number of carbonyl (C=O) groups is 1. The van der Waals surface area contributed by atoms with Gasteiger partial charge >= 0.3 is 0 Å². The minimum Gasteiger partial charge on any atom is -0.508 e. The molecule has 0 saturated heterocycles. The molecule has 0 aliphatic carbocycles. The van der Waals surface area contributed by atoms with Crippen LogP contribution < -0.4 is 9.47 Å². The van der Waals surface area contributed by atoms with E-state index in [4.69, 9.17) is 9.47 Å². The van der Waals surface area contributed by atoms with E-state index >= 15 is 0 Å². The Balaban J connectivity index is 2.01. The quantitative estimate of drug-likeness (QED) is 0.829. The second-order valence-electron chi connectivity index (χ2n) is 4.55. The molecule has 1 aliphatic rings. The third-order valence-corrected chi connectivity index (χ3v) is 3.16. The molecule has 2 aromatic rings. The highest BCUT2D eigenvalue weighted by Gasteiger charge is 2.27. The highest BCUT2D eigenvalue weighted by molar-refractivity contribution is 6.14. The van der Waals surface area contributed by atoms with E-state index in [1.54, 1.807) is 6.07 Å². The van der Waals surface area contributed by atoms with Crippen LogP contribution in [0.4, 0.5) is 0 Å². The predicted octanol–water partition coefficient (Wildman–Crippen LogP) is 2.72. The number of benzene rings is 2. The molecule has 21 heavy (non-hydrogen) atoms. The number of aromatic hydroxyl groups is 2. The summed E-state index contributed by atoms with van der Waals surface area (Å²) in [5, 5.41) is 18.8. The lowest BCUT2D eigenvalue weighted by Crippen LogP contribution is -1.98. The average molecular weight is 284 g/mol. The highest BCUT2D eigenvalue weighted by Crippen LogP contribution is 2.35. The third kappa shape index (κ3) is 2.29. The van der Waals surface area contributed by atoms with Gasteiger partial charge in [-0.15, -0.1) is 0 Å². The van der Waals surface area contributed by atoms with Crippen molar-refractivity contribution < 1.29 is 24.5 Å². The van der Waals surface area contributed by atoms with Gasteiger partial charge in [0.05, 0.1) is 12.7 Å². The lowest BCUT2D eigenvalue weighted by Gasteiger charge is -2.06. The van der Waals surface area contributed by atoms with Crippen LogP contribution in [0.25, 0.3) is 6.08 Å². The Morgan fingerprint density at radius 1 is 1.10 bits per heavy atom. The molecule has 0 bridgehead atoms. The number of phenols is 2. The zero-order chi connectivity index (χ0) is 15.0. The van der Waals surface area contributed by atoms with Gasteiger partial charge in [-0.25, -0.2) is 0 Å². The fourth-order valence-corrected chi connectivity index (χ4v) is 2.14. The molecule has 1 heterocycles. The third-order valence-electron chi connectivity index (χ3n) is 3.16. The number of ether oxygens (including phenoxy) is 2. The van der Waals surface area contributed by atoms with Gasteiger partial charge in [-0.2, -0.15) is 0 Å². The number of methoxy groups -OCH3 is 1. The number of hydrogen-bond acceptors (Lipinski definition) is 5. The van der Waals surface area contributed by atoms with Gasteiger partial charge < -0.3 is 19.7 Å². The van der Waals surface area contributed by atoms with E-state index in [2.05, 4.69) is 0 Å². The summed E-state index contributed by atoms with van der Waals surface area (Å²) in [6.45, 7) is 0. The van der Waals surface area contributed by atoms with Gasteiger partial charge in [0.25, 0.3) is 0 Å². The van der Waals surface area contributed by atoms with Crippen molar-refractivity contribution in [2.24, 2.45) is 0 Å². The van der Waals surface area contributed by atoms with E-state index in [1.807, 2.05) is 0 Å². The number of Topliss-reactive ketones (excluding diaryl/α,β-unsaturated/α-hetero) is 1. The largest absolute Gasteiger partial charge is 0.508 e. The number of phenolic OH excluding ortho intramolecular Hbond substituents is 2. The van der Waals surface area contributed by atoms with Crippen LogP contribution in [0.2, 0.25) is 0 Å². The number of hydrogen-bond donors (Lipinski definition) is 2. The number of rotatable bonds is 2. The number of ketones is 1. The maximum absolute atomic E-state index is 12.2. The van der Waals surface area contributed by atoms with Gasteiger partial charge in [0.1, 0.15) is 23.0 Å². The minimum atomic E-state index is -0.264. The number of allylic oxidation sites excluding steroid dienone is 1. The number of carbonyl (C=O) groups excluding carboxylic acids is 1. The Morgan fingerprint density at radius 2 is 1.81 bits per heavy atom. The topological polar surface area (TPSA) is 76.0 Å². The van der Waals surface area contributed by atoms with Crippen LogP contribution in [0.15, 0.2) is 42.2 Å². The summed E-state index contributed by atoms with van der Waals surface area (Å²) in [5.41, 5.74) is 1.01. The standard InChI is InChI=1S/C16H12O5/c1-20-13-7-10(17)3-2-9(13)6-15-16(19)12-5-4-11(18)8-14(12)21-15/h2-8,17-18H,1H3/b15-6-. The van der Waals surface area contributed by atoms with Crippen molar-refractivity contribution >= 4 is 11.9 Å². The molecule has 5 heteroatoms. The van der Waals surface area contributed by atoms with E-state index in [1.165, 1.54) is 43.5 Å². The molecule has 106 valence electrons. The van der Waals surface area contributed by atoms with E-state index in [0.29, 0.717) is 22.6 Å². The lowest BCUT2D eigenvalue weighted by atomic mass is 10.1. The molecule has 2 N–H and O–H groups in total. The van der Waals surface area contributed by atoms with Gasteiger partial charge in [-0.1, -0.05) is 0 Å². The minimum absolute atomic E-state index is 0.0324. The second-order valence-corrected chi connectivity index (χ2v) is 4.55. The molecule has 0 radical (unpaired) electrons. The van der Waals surface area contributed by atoms with Crippen LogP contribution in [0, 0.1) is 0 Å². The fraction of sp³-hybridized carbons (Fsp3) is 0.0625. The Kier molecular flexibility index (Phi) is 3.02. The molecule has 3 rings (SSSR count). The van der Waals surface area contributed by atoms with Crippen molar-refractivity contribution in [3.63, 3.8) is 0 Å². The maximum atomic E-state index is 12.2. The van der Waals surface area contributed by atoms with Crippen molar-refractivity contribution in [2.75, 3.05) is 7.11 Å². The van der Waals surface area contributed by atoms with Crippen molar-refractivity contribution in [3.05, 3.63) is 53.3 Å². The van der Waals surface area contributed by atoms with Crippen molar-refractivity contribution in [1.82, 2.24) is 0 Å². The fourth-order valence-electron chi connectivity index (χ4n) is 2.14. The van der Waals surface area contributed by atoms with E-state index in [-0.39, 0.29) is 23.0 Å². The van der Waals surface area contributed by atoms with Gasteiger partial charge in [0, 0.05) is 17.7 Å². The molecular weight excluding hydrogens is 272 g/mol. The summed E-state index contributed by atoms with van der Waals surface area (Å²) in [6.07, 6.45) is 1.54. The van der Waals surface area contributed by atoms with E-state index in [0.717, 1.165) is 0 Å². The summed E-state index contributed by atoms with van der Waals surface area (Å²) in [6, 6.07) is 8.91. The SMILES string of the molecule is COc1cc(O)ccc1/C=C1\Oc2cc(O)ccc2C1=O. The zero-order valence-corrected chi connectivity index (χ0v) is 11.2. The first-order valence-corrected chi connectivity index (χ1v) is 6.23. The van der Waals surface area contributed by atoms with Crippen LogP contribution in [-0.4, -0.2) is 23.1 Å². The lowest BCUT2D eigenvalue weighted by molar-refractivity contribution is 0.101. The summed E-state index contributed by atoms with van der Waals surface area (Å²) in [5.74, 6) is 0.729. The molecule has 0 saturated carbocycles. The zero-order valence-electron chi connectivity index (χ0n) is 11.2. The summed E-state index contributed by atoms with van der Waals surface area (Å²) in [7, 11) is 1.47. The summed E-state index contributed by atoms with van der Waals surface area (Å²) < 4.78 is 10.6. The average Bonchev–Trinajstić information content (AvgIpc) is 2.76. The van der Waals surface area contributed by atoms with Gasteiger partial charge in [0.15, 0.2) is 5.76 Å². The van der Waals surface area contributed by atoms with Gasteiger partial charge in [0.2, 0.25) is 5.78 Å². The first kappa shape index (κ1) is 13.1. The van der Waals surface area contributed by atoms with Crippen LogP contribution in [0.5, 0.6) is 23.0 Å². The van der Waals surface area contributed by atoms with Crippen LogP contribution in [0.1, 0.15) is 15.9 Å². The maximum Gasteiger partial charge on any atom is 0.231 e. The van der Waals surface area contributed by atoms with Crippen molar-refractivity contribution in [2.45, 2.75) is 0 Å². The molecule has 1 aliphatic heterocycles. The van der Waals surface area contributed by atoms with Crippen molar-refractivity contribution in [3.8, 4) is 23.0 Å². The molecule has 0 unspecified atom stereocenters. The van der Waals surface area contributed by atoms with Crippen LogP contribution >= 0.6 is 0 Å². The normalized spacial score (nSPS) is 14.9. The Morgan fingerprint density at radius 3 is 2.57 bits per heavy atom. The van der Waals surface area contributed by atoms with Gasteiger partial charge in [-0.3, -0.25) is 4.79 Å². The molecule has 0 amide bonds. The molecule has 5 nitrogen and oxygen atoms in total. The molecule has 0 spiro atoms. The second kappa shape index (κ2) is 4.86. The van der Waals surface area contributed by atoms with Crippen LogP contribution in [-0.2, 0) is 0 Å². The first-order valence-electron chi connectivity index (χ1n) is 6.23. The molecule has 0 atom stereocenters. The molecule has 0 aromatic heterocycles. The highest BCUT2D eigenvalue weighted by atomic mass is 16.5. The Hall–Kier alpha value is -2.95. The smallest absolute Gasteiger partial charge is 0.231 e. The molecular formula is C16H12O5. The summed E-state index contributed by atoms with van der Waals surface area (Å²) >= 11 is 0. The summed E-state index contributed by atoms with van der Waals surface area (Å²) in [4.78, 5) is 12.2. The van der Waals surface area contributed by atoms with Crippen molar-refractivity contribution in [1.29, 1.82) is 0 Å². The first-order chi connectivity index (χ1) is 10.1. The van der Waals surface area contributed by atoms with E-state index in [9.17, 15) is 15.0 Å².